The van der Waals surface area contributed by atoms with Gasteiger partial charge in [-0.1, -0.05) is 54.6 Å². The molecule has 1 atom stereocenters. The summed E-state index contributed by atoms with van der Waals surface area (Å²) in [5.41, 5.74) is 1.97. The number of anilines is 1. The molecule has 1 heterocycles. The number of imide groups is 1. The lowest BCUT2D eigenvalue weighted by Gasteiger charge is -2.23. The summed E-state index contributed by atoms with van der Waals surface area (Å²) in [7, 11) is -3.97. The summed E-state index contributed by atoms with van der Waals surface area (Å²) in [4.78, 5) is 38.4. The van der Waals surface area contributed by atoms with Gasteiger partial charge < -0.3 is 5.32 Å². The fraction of sp³-hybridized carbons (Fsp3) is 0.160. The van der Waals surface area contributed by atoms with E-state index in [1.54, 1.807) is 74.5 Å². The molecule has 1 saturated heterocycles. The number of hydrazine groups is 1. The number of nitrogens with zero attached hydrogens (tertiary/aromatic N) is 2. The smallest absolute Gasteiger partial charge is 0.318 e. The number of carbonyl (C=O) groups excluding carboxylic acids is 3. The first-order valence-corrected chi connectivity index (χ1v) is 12.3. The molecule has 0 radical (unpaired) electrons. The molecule has 0 saturated carbocycles. The number of urea groups is 1. The van der Waals surface area contributed by atoms with Gasteiger partial charge in [0.25, 0.3) is 21.8 Å². The van der Waals surface area contributed by atoms with Gasteiger partial charge in [0, 0.05) is 12.1 Å². The maximum Gasteiger partial charge on any atom is 0.344 e. The quantitative estimate of drug-likeness (QED) is 0.492. The van der Waals surface area contributed by atoms with Crippen molar-refractivity contribution in [3.63, 3.8) is 0 Å². The Balaban J connectivity index is 1.58. The van der Waals surface area contributed by atoms with Crippen LogP contribution in [0.3, 0.4) is 0 Å². The second kappa shape index (κ2) is 9.22. The largest absolute Gasteiger partial charge is 0.344 e. The minimum atomic E-state index is -3.97. The Labute approximate surface area is 203 Å². The van der Waals surface area contributed by atoms with E-state index in [0.717, 1.165) is 0 Å². The van der Waals surface area contributed by atoms with Gasteiger partial charge >= 0.3 is 6.03 Å². The predicted molar refractivity (Wildman–Crippen MR) is 130 cm³/mol. The van der Waals surface area contributed by atoms with Gasteiger partial charge in [-0.05, 0) is 49.7 Å². The molecule has 0 spiro atoms. The maximum absolute atomic E-state index is 13.3. The van der Waals surface area contributed by atoms with Gasteiger partial charge in [0.15, 0.2) is 0 Å². The van der Waals surface area contributed by atoms with E-state index in [2.05, 4.69) is 10.7 Å². The fourth-order valence-corrected chi connectivity index (χ4v) is 5.40. The molecule has 0 aromatic heterocycles. The highest BCUT2D eigenvalue weighted by atomic mass is 32.2. The van der Waals surface area contributed by atoms with Crippen molar-refractivity contribution in [1.82, 2.24) is 15.8 Å². The van der Waals surface area contributed by atoms with E-state index in [9.17, 15) is 22.8 Å². The SMILES string of the molecule is CCN(c1ccccc1)S(=O)(=O)c1cccc(C(=O)NN2C(=O)NC(C)(c3ccccc3)C2=O)c1. The van der Waals surface area contributed by atoms with Crippen molar-refractivity contribution in [3.05, 3.63) is 96.1 Å². The summed E-state index contributed by atoms with van der Waals surface area (Å²) in [6.45, 7) is 3.44. The van der Waals surface area contributed by atoms with Crippen LogP contribution in [0, 0.1) is 0 Å². The molecule has 4 amide bonds. The number of amides is 4. The Morgan fingerprint density at radius 1 is 0.971 bits per heavy atom. The molecule has 1 fully saturated rings. The maximum atomic E-state index is 13.3. The molecular formula is C25H24N4O5S. The van der Waals surface area contributed by atoms with Crippen LogP contribution in [-0.2, 0) is 20.4 Å². The van der Waals surface area contributed by atoms with Gasteiger partial charge in [-0.3, -0.25) is 19.3 Å². The lowest BCUT2D eigenvalue weighted by Crippen LogP contribution is -2.48. The number of sulfonamides is 1. The summed E-state index contributed by atoms with van der Waals surface area (Å²) in [6.07, 6.45) is 0. The minimum absolute atomic E-state index is 0.0240. The second-order valence-corrected chi connectivity index (χ2v) is 9.90. The van der Waals surface area contributed by atoms with E-state index in [4.69, 9.17) is 0 Å². The molecular weight excluding hydrogens is 468 g/mol. The van der Waals surface area contributed by atoms with E-state index in [1.165, 1.54) is 28.6 Å². The monoisotopic (exact) mass is 492 g/mol. The number of carbonyl (C=O) groups is 3. The van der Waals surface area contributed by atoms with Crippen LogP contribution < -0.4 is 15.0 Å². The number of benzene rings is 3. The van der Waals surface area contributed by atoms with E-state index < -0.39 is 33.4 Å². The molecule has 180 valence electrons. The highest BCUT2D eigenvalue weighted by Crippen LogP contribution is 2.28. The molecule has 1 unspecified atom stereocenters. The van der Waals surface area contributed by atoms with Crippen LogP contribution in [0.4, 0.5) is 10.5 Å². The zero-order chi connectivity index (χ0) is 25.2. The lowest BCUT2D eigenvalue weighted by molar-refractivity contribution is -0.132. The molecule has 10 heteroatoms. The summed E-state index contributed by atoms with van der Waals surface area (Å²) in [5, 5.41) is 3.21. The summed E-state index contributed by atoms with van der Waals surface area (Å²) in [5.74, 6) is -1.46. The van der Waals surface area contributed by atoms with Crippen LogP contribution in [0.5, 0.6) is 0 Å². The number of nitrogens with one attached hydrogen (secondary N) is 2. The summed E-state index contributed by atoms with van der Waals surface area (Å²) >= 11 is 0. The van der Waals surface area contributed by atoms with Gasteiger partial charge in [-0.25, -0.2) is 13.2 Å². The molecule has 3 aromatic carbocycles. The molecule has 4 rings (SSSR count). The van der Waals surface area contributed by atoms with Crippen molar-refractivity contribution in [3.8, 4) is 0 Å². The molecule has 1 aliphatic rings. The summed E-state index contributed by atoms with van der Waals surface area (Å²) in [6, 6.07) is 21.9. The van der Waals surface area contributed by atoms with Crippen LogP contribution in [0.2, 0.25) is 0 Å². The first kappa shape index (κ1) is 24.0. The highest BCUT2D eigenvalue weighted by molar-refractivity contribution is 7.92. The van der Waals surface area contributed by atoms with Gasteiger partial charge in [-0.15, -0.1) is 0 Å². The van der Waals surface area contributed by atoms with Crippen LogP contribution in [-0.4, -0.2) is 37.8 Å². The first-order valence-electron chi connectivity index (χ1n) is 10.9. The van der Waals surface area contributed by atoms with Gasteiger partial charge in [-0.2, -0.15) is 5.01 Å². The zero-order valence-electron chi connectivity index (χ0n) is 19.1. The van der Waals surface area contributed by atoms with Crippen molar-refractivity contribution in [2.75, 3.05) is 10.8 Å². The topological polar surface area (TPSA) is 116 Å². The van der Waals surface area contributed by atoms with Gasteiger partial charge in [0.2, 0.25) is 0 Å². The van der Waals surface area contributed by atoms with Crippen molar-refractivity contribution < 1.29 is 22.8 Å². The minimum Gasteiger partial charge on any atom is -0.318 e. The number of hydrogen-bond donors (Lipinski definition) is 2. The van der Waals surface area contributed by atoms with E-state index in [-0.39, 0.29) is 17.0 Å². The highest BCUT2D eigenvalue weighted by Gasteiger charge is 2.50. The third-order valence-corrected chi connectivity index (χ3v) is 7.67. The molecule has 35 heavy (non-hydrogen) atoms. The van der Waals surface area contributed by atoms with Crippen molar-refractivity contribution >= 4 is 33.6 Å². The average molecular weight is 493 g/mol. The zero-order valence-corrected chi connectivity index (χ0v) is 20.0. The van der Waals surface area contributed by atoms with E-state index in [0.29, 0.717) is 16.3 Å². The van der Waals surface area contributed by atoms with Crippen molar-refractivity contribution in [2.24, 2.45) is 0 Å². The van der Waals surface area contributed by atoms with Crippen LogP contribution in [0.15, 0.2) is 89.8 Å². The Hall–Kier alpha value is -4.18. The first-order chi connectivity index (χ1) is 16.7. The molecule has 1 aliphatic heterocycles. The standard InChI is InChI=1S/C25H24N4O5S/c1-3-28(20-14-8-5-9-15-20)35(33,34)21-16-10-11-18(17-21)22(30)27-29-23(31)25(2,26-24(29)32)19-12-6-4-7-13-19/h4-17H,3H2,1-2H3,(H,26,32)(H,27,30). The van der Waals surface area contributed by atoms with Crippen LogP contribution >= 0.6 is 0 Å². The molecule has 0 bridgehead atoms. The molecule has 2 N–H and O–H groups in total. The average Bonchev–Trinajstić information content (AvgIpc) is 3.09. The fourth-order valence-electron chi connectivity index (χ4n) is 3.88. The summed E-state index contributed by atoms with van der Waals surface area (Å²) < 4.78 is 27.8. The third kappa shape index (κ3) is 4.35. The molecule has 0 aliphatic carbocycles. The lowest BCUT2D eigenvalue weighted by atomic mass is 9.92. The number of hydrogen-bond acceptors (Lipinski definition) is 5. The number of rotatable bonds is 7. The Kier molecular flexibility index (Phi) is 6.31. The van der Waals surface area contributed by atoms with Crippen LogP contribution in [0.1, 0.15) is 29.8 Å². The molecule has 3 aromatic rings. The number of para-hydroxylation sites is 1. The Bertz CT molecular complexity index is 1380. The van der Waals surface area contributed by atoms with E-state index in [1.807, 2.05) is 0 Å². The normalized spacial score (nSPS) is 17.7. The Morgan fingerprint density at radius 2 is 1.60 bits per heavy atom. The molecule has 9 nitrogen and oxygen atoms in total. The van der Waals surface area contributed by atoms with Crippen molar-refractivity contribution in [2.45, 2.75) is 24.3 Å². The Morgan fingerprint density at radius 3 is 2.23 bits per heavy atom. The predicted octanol–water partition coefficient (Wildman–Crippen LogP) is 3.01. The van der Waals surface area contributed by atoms with E-state index >= 15 is 0 Å². The van der Waals surface area contributed by atoms with Gasteiger partial charge in [0.05, 0.1) is 10.6 Å². The third-order valence-electron chi connectivity index (χ3n) is 5.77. The second-order valence-electron chi connectivity index (χ2n) is 8.04. The van der Waals surface area contributed by atoms with Gasteiger partial charge in [0.1, 0.15) is 5.54 Å². The van der Waals surface area contributed by atoms with Crippen molar-refractivity contribution in [1.29, 1.82) is 0 Å². The van der Waals surface area contributed by atoms with Crippen LogP contribution in [0.25, 0.3) is 0 Å².